The SMILES string of the molecule is COc1ccc(-c2cn3nc(NC4CCCCC4)sc3n2)cc1OC. The fraction of sp³-hybridized carbons (Fsp3) is 0.444. The van der Waals surface area contributed by atoms with Gasteiger partial charge >= 0.3 is 0 Å². The van der Waals surface area contributed by atoms with Crippen molar-refractivity contribution >= 4 is 21.4 Å². The monoisotopic (exact) mass is 358 g/mol. The number of benzene rings is 1. The maximum atomic E-state index is 5.37. The molecule has 132 valence electrons. The smallest absolute Gasteiger partial charge is 0.214 e. The van der Waals surface area contributed by atoms with Crippen molar-refractivity contribution in [1.82, 2.24) is 14.6 Å². The van der Waals surface area contributed by atoms with Crippen molar-refractivity contribution in [2.45, 2.75) is 38.1 Å². The number of rotatable bonds is 5. The lowest BCUT2D eigenvalue weighted by molar-refractivity contribution is 0.355. The average molecular weight is 358 g/mol. The van der Waals surface area contributed by atoms with Gasteiger partial charge in [0, 0.05) is 11.6 Å². The van der Waals surface area contributed by atoms with E-state index in [1.807, 2.05) is 28.9 Å². The number of aromatic nitrogens is 3. The summed E-state index contributed by atoms with van der Waals surface area (Å²) in [6.07, 6.45) is 8.40. The van der Waals surface area contributed by atoms with Crippen LogP contribution in [0, 0.1) is 0 Å². The number of hydrogen-bond acceptors (Lipinski definition) is 6. The fourth-order valence-corrected chi connectivity index (χ4v) is 4.17. The topological polar surface area (TPSA) is 60.7 Å². The second-order valence-corrected chi connectivity index (χ2v) is 7.27. The zero-order valence-electron chi connectivity index (χ0n) is 14.5. The quantitative estimate of drug-likeness (QED) is 0.740. The summed E-state index contributed by atoms with van der Waals surface area (Å²) in [4.78, 5) is 5.60. The van der Waals surface area contributed by atoms with Crippen molar-refractivity contribution in [1.29, 1.82) is 0 Å². The lowest BCUT2D eigenvalue weighted by atomic mass is 9.96. The molecule has 1 aliphatic rings. The highest BCUT2D eigenvalue weighted by Gasteiger charge is 2.16. The Hall–Kier alpha value is -2.28. The standard InChI is InChI=1S/C18H22N4O2S/c1-23-15-9-8-12(10-16(15)24-2)14-11-22-18(20-14)25-17(21-22)19-13-6-4-3-5-7-13/h8-11,13H,3-7H2,1-2H3,(H,19,21). The van der Waals surface area contributed by atoms with Crippen molar-refractivity contribution in [3.8, 4) is 22.8 Å². The summed E-state index contributed by atoms with van der Waals surface area (Å²) in [5.41, 5.74) is 1.86. The van der Waals surface area contributed by atoms with E-state index in [2.05, 4.69) is 10.4 Å². The molecule has 1 saturated carbocycles. The number of methoxy groups -OCH3 is 2. The number of ether oxygens (including phenoxy) is 2. The van der Waals surface area contributed by atoms with Crippen LogP contribution >= 0.6 is 11.3 Å². The Labute approximate surface area is 150 Å². The molecule has 0 saturated heterocycles. The summed E-state index contributed by atoms with van der Waals surface area (Å²) in [6.45, 7) is 0. The molecule has 7 heteroatoms. The Bertz CT molecular complexity index is 836. The molecule has 1 fully saturated rings. The molecule has 1 N–H and O–H groups in total. The Kier molecular flexibility index (Phi) is 4.48. The highest BCUT2D eigenvalue weighted by Crippen LogP contribution is 2.33. The first-order chi connectivity index (χ1) is 12.3. The predicted molar refractivity (Wildman–Crippen MR) is 99.9 cm³/mol. The highest BCUT2D eigenvalue weighted by atomic mass is 32.1. The van der Waals surface area contributed by atoms with Gasteiger partial charge in [0.15, 0.2) is 11.5 Å². The Morgan fingerprint density at radius 2 is 1.92 bits per heavy atom. The molecule has 0 amide bonds. The number of fused-ring (bicyclic) bond motifs is 1. The van der Waals surface area contributed by atoms with Crippen LogP contribution in [0.4, 0.5) is 5.13 Å². The van der Waals surface area contributed by atoms with E-state index in [4.69, 9.17) is 14.5 Å². The van der Waals surface area contributed by atoms with Gasteiger partial charge in [0.05, 0.1) is 26.1 Å². The molecule has 0 atom stereocenters. The second-order valence-electron chi connectivity index (χ2n) is 6.31. The van der Waals surface area contributed by atoms with E-state index in [0.717, 1.165) is 21.3 Å². The van der Waals surface area contributed by atoms with Crippen LogP contribution in [0.2, 0.25) is 0 Å². The number of imidazole rings is 1. The van der Waals surface area contributed by atoms with Crippen molar-refractivity contribution in [2.75, 3.05) is 19.5 Å². The Morgan fingerprint density at radius 1 is 1.12 bits per heavy atom. The van der Waals surface area contributed by atoms with Crippen LogP contribution in [-0.4, -0.2) is 34.9 Å². The lowest BCUT2D eigenvalue weighted by Gasteiger charge is -2.21. The van der Waals surface area contributed by atoms with Gasteiger partial charge in [-0.05, 0) is 31.0 Å². The van der Waals surface area contributed by atoms with Crippen molar-refractivity contribution in [2.24, 2.45) is 0 Å². The Morgan fingerprint density at radius 3 is 2.64 bits per heavy atom. The molecule has 25 heavy (non-hydrogen) atoms. The third-order valence-electron chi connectivity index (χ3n) is 4.66. The number of nitrogens with zero attached hydrogens (tertiary/aromatic N) is 3. The minimum Gasteiger partial charge on any atom is -0.493 e. The van der Waals surface area contributed by atoms with Crippen LogP contribution in [0.1, 0.15) is 32.1 Å². The van der Waals surface area contributed by atoms with Gasteiger partial charge in [-0.2, -0.15) is 0 Å². The summed E-state index contributed by atoms with van der Waals surface area (Å²) in [7, 11) is 3.27. The molecule has 0 spiro atoms. The van der Waals surface area contributed by atoms with Crippen LogP contribution in [0.15, 0.2) is 24.4 Å². The summed E-state index contributed by atoms with van der Waals surface area (Å²) in [5.74, 6) is 1.41. The molecule has 1 aromatic carbocycles. The van der Waals surface area contributed by atoms with Crippen LogP contribution in [0.3, 0.4) is 0 Å². The van der Waals surface area contributed by atoms with Gasteiger partial charge in [0.25, 0.3) is 0 Å². The third kappa shape index (κ3) is 3.28. The first-order valence-electron chi connectivity index (χ1n) is 8.62. The van der Waals surface area contributed by atoms with Gasteiger partial charge in [0.2, 0.25) is 10.1 Å². The van der Waals surface area contributed by atoms with Crippen LogP contribution in [-0.2, 0) is 0 Å². The van der Waals surface area contributed by atoms with E-state index < -0.39 is 0 Å². The van der Waals surface area contributed by atoms with Crippen molar-refractivity contribution in [3.63, 3.8) is 0 Å². The molecule has 0 aliphatic heterocycles. The van der Waals surface area contributed by atoms with E-state index >= 15 is 0 Å². The van der Waals surface area contributed by atoms with Crippen LogP contribution in [0.5, 0.6) is 11.5 Å². The lowest BCUT2D eigenvalue weighted by Crippen LogP contribution is -2.22. The number of hydrogen-bond donors (Lipinski definition) is 1. The molecule has 3 aromatic rings. The predicted octanol–water partition coefficient (Wildman–Crippen LogP) is 4.22. The number of anilines is 1. The molecule has 0 bridgehead atoms. The van der Waals surface area contributed by atoms with Gasteiger partial charge in [0.1, 0.15) is 0 Å². The van der Waals surface area contributed by atoms with Gasteiger partial charge in [-0.3, -0.25) is 0 Å². The minimum atomic E-state index is 0.551. The van der Waals surface area contributed by atoms with Crippen LogP contribution in [0.25, 0.3) is 16.2 Å². The van der Waals surface area contributed by atoms with E-state index in [9.17, 15) is 0 Å². The van der Waals surface area contributed by atoms with E-state index in [1.165, 1.54) is 32.1 Å². The van der Waals surface area contributed by atoms with Gasteiger partial charge in [-0.1, -0.05) is 30.6 Å². The largest absolute Gasteiger partial charge is 0.493 e. The fourth-order valence-electron chi connectivity index (χ4n) is 3.31. The Balaban J connectivity index is 1.56. The molecular formula is C18H22N4O2S. The molecule has 4 rings (SSSR count). The first kappa shape index (κ1) is 16.2. The zero-order valence-corrected chi connectivity index (χ0v) is 15.3. The first-order valence-corrected chi connectivity index (χ1v) is 9.43. The summed E-state index contributed by atoms with van der Waals surface area (Å²) in [6, 6.07) is 6.36. The third-order valence-corrected chi connectivity index (χ3v) is 5.51. The normalized spacial score (nSPS) is 15.4. The van der Waals surface area contributed by atoms with E-state index in [0.29, 0.717) is 17.5 Å². The summed E-state index contributed by atoms with van der Waals surface area (Å²) >= 11 is 1.60. The zero-order chi connectivity index (χ0) is 17.2. The average Bonchev–Trinajstić information content (AvgIpc) is 3.20. The molecule has 2 aromatic heterocycles. The highest BCUT2D eigenvalue weighted by molar-refractivity contribution is 7.20. The molecular weight excluding hydrogens is 336 g/mol. The van der Waals surface area contributed by atoms with Crippen LogP contribution < -0.4 is 14.8 Å². The van der Waals surface area contributed by atoms with Crippen molar-refractivity contribution < 1.29 is 9.47 Å². The minimum absolute atomic E-state index is 0.551. The second kappa shape index (κ2) is 6.92. The van der Waals surface area contributed by atoms with Crippen molar-refractivity contribution in [3.05, 3.63) is 24.4 Å². The van der Waals surface area contributed by atoms with Gasteiger partial charge in [-0.15, -0.1) is 5.10 Å². The van der Waals surface area contributed by atoms with E-state index in [-0.39, 0.29) is 0 Å². The summed E-state index contributed by atoms with van der Waals surface area (Å²) < 4.78 is 12.5. The van der Waals surface area contributed by atoms with Gasteiger partial charge in [-0.25, -0.2) is 9.50 Å². The van der Waals surface area contributed by atoms with E-state index in [1.54, 1.807) is 25.6 Å². The molecule has 2 heterocycles. The van der Waals surface area contributed by atoms with Gasteiger partial charge < -0.3 is 14.8 Å². The maximum absolute atomic E-state index is 5.37. The maximum Gasteiger partial charge on any atom is 0.214 e. The molecule has 0 unspecified atom stereocenters. The molecule has 0 radical (unpaired) electrons. The summed E-state index contributed by atoms with van der Waals surface area (Å²) in [5, 5.41) is 9.15. The molecule has 6 nitrogen and oxygen atoms in total. The number of nitrogens with one attached hydrogen (secondary N) is 1. The molecule has 1 aliphatic carbocycles.